The number of aliphatic hydroxyl groups is 1. The monoisotopic (exact) mass is 701 g/mol. The molecule has 0 bridgehead atoms. The maximum absolute atomic E-state index is 13.7. The van der Waals surface area contributed by atoms with Gasteiger partial charge in [0.05, 0.1) is 39.6 Å². The fraction of sp³-hybridized carbons (Fsp3) is 0.250. The standard InChI is InChI=1S/C32H29Cl2N3O7S2/c1-5-12-44-21-10-7-17(8-11-21)27(38)25-26(19-13-23(41-2)29(43-4)24(14-19)42-3)37(30(40)28(25)39)31-35-36-32(46-31)45-16-18-6-9-20(33)15-22(18)34/h6-11,13-15,26,38H,5,12,16H2,1-4H3/b27-25-. The van der Waals surface area contributed by atoms with Crippen LogP contribution in [0.5, 0.6) is 23.0 Å². The number of anilines is 1. The van der Waals surface area contributed by atoms with Crippen LogP contribution in [-0.4, -0.2) is 54.9 Å². The third-order valence-electron chi connectivity index (χ3n) is 7.02. The van der Waals surface area contributed by atoms with E-state index in [0.29, 0.717) is 60.9 Å². The van der Waals surface area contributed by atoms with Crippen molar-refractivity contribution < 1.29 is 33.6 Å². The van der Waals surface area contributed by atoms with Crippen molar-refractivity contribution in [2.45, 2.75) is 29.5 Å². The molecule has 1 aliphatic rings. The number of benzene rings is 3. The van der Waals surface area contributed by atoms with Gasteiger partial charge in [0.25, 0.3) is 5.78 Å². The average Bonchev–Trinajstić information content (AvgIpc) is 3.63. The lowest BCUT2D eigenvalue weighted by molar-refractivity contribution is -0.132. The molecule has 0 spiro atoms. The summed E-state index contributed by atoms with van der Waals surface area (Å²) in [6, 6.07) is 14.0. The number of thioether (sulfide) groups is 1. The van der Waals surface area contributed by atoms with Crippen LogP contribution in [0.25, 0.3) is 5.76 Å². The van der Waals surface area contributed by atoms with Gasteiger partial charge in [-0.05, 0) is 66.1 Å². The van der Waals surface area contributed by atoms with Gasteiger partial charge in [-0.2, -0.15) is 0 Å². The van der Waals surface area contributed by atoms with Crippen molar-refractivity contribution in [3.63, 3.8) is 0 Å². The molecule has 1 fully saturated rings. The molecular formula is C32H29Cl2N3O7S2. The quantitative estimate of drug-likeness (QED) is 0.0520. The number of nitrogens with zero attached hydrogens (tertiary/aromatic N) is 3. The van der Waals surface area contributed by atoms with Crippen molar-refractivity contribution in [1.29, 1.82) is 0 Å². The molecule has 1 aromatic heterocycles. The zero-order valence-electron chi connectivity index (χ0n) is 25.2. The van der Waals surface area contributed by atoms with E-state index in [9.17, 15) is 14.7 Å². The number of halogens is 2. The molecule has 1 atom stereocenters. The molecule has 0 aliphatic carbocycles. The van der Waals surface area contributed by atoms with E-state index in [0.717, 1.165) is 23.3 Å². The van der Waals surface area contributed by atoms with Crippen molar-refractivity contribution in [2.75, 3.05) is 32.8 Å². The van der Waals surface area contributed by atoms with Crippen LogP contribution in [0.1, 0.15) is 36.1 Å². The number of Topliss-reactive ketones (excluding diaryl/α,β-unsaturated/α-hetero) is 1. The molecule has 1 aliphatic heterocycles. The number of rotatable bonds is 12. The molecule has 14 heteroatoms. The molecule has 5 rings (SSSR count). The molecule has 3 aromatic carbocycles. The highest BCUT2D eigenvalue weighted by Crippen LogP contribution is 2.48. The van der Waals surface area contributed by atoms with Gasteiger partial charge in [-0.25, -0.2) is 0 Å². The molecule has 0 radical (unpaired) electrons. The Kier molecular flexibility index (Phi) is 10.6. The summed E-state index contributed by atoms with van der Waals surface area (Å²) in [6.45, 7) is 2.53. The second kappa shape index (κ2) is 14.6. The maximum Gasteiger partial charge on any atom is 0.301 e. The molecular weight excluding hydrogens is 673 g/mol. The molecule has 1 amide bonds. The first kappa shape index (κ1) is 33.4. The normalized spacial score (nSPS) is 15.7. The number of methoxy groups -OCH3 is 3. The smallest absolute Gasteiger partial charge is 0.301 e. The number of carbonyl (C=O) groups excluding carboxylic acids is 2. The number of hydrogen-bond donors (Lipinski definition) is 1. The van der Waals surface area contributed by atoms with Crippen LogP contribution in [0.3, 0.4) is 0 Å². The van der Waals surface area contributed by atoms with Crippen LogP contribution in [0.15, 0.2) is 64.5 Å². The summed E-state index contributed by atoms with van der Waals surface area (Å²) in [5.41, 5.74) is 1.44. The SMILES string of the molecule is CCCOc1ccc(/C(O)=C2/C(=O)C(=O)N(c3nnc(SCc4ccc(Cl)cc4Cl)s3)C2c2cc(OC)c(OC)c(OC)c2)cc1. The first-order valence-corrected chi connectivity index (χ1v) is 16.5. The van der Waals surface area contributed by atoms with E-state index in [-0.39, 0.29) is 16.5 Å². The number of aliphatic hydroxyl groups excluding tert-OH is 1. The highest BCUT2D eigenvalue weighted by atomic mass is 35.5. The number of amides is 1. The Morgan fingerprint density at radius 2 is 1.67 bits per heavy atom. The second-order valence-corrected chi connectivity index (χ2v) is 12.9. The average molecular weight is 703 g/mol. The van der Waals surface area contributed by atoms with Gasteiger partial charge in [0.15, 0.2) is 15.8 Å². The summed E-state index contributed by atoms with van der Waals surface area (Å²) in [6.07, 6.45) is 0.834. The third kappa shape index (κ3) is 6.75. The summed E-state index contributed by atoms with van der Waals surface area (Å²) in [5.74, 6) is -0.128. The van der Waals surface area contributed by atoms with Crippen LogP contribution < -0.4 is 23.8 Å². The van der Waals surface area contributed by atoms with Crippen LogP contribution in [0, 0.1) is 0 Å². The number of aromatic nitrogens is 2. The topological polar surface area (TPSA) is 120 Å². The Bertz CT molecular complexity index is 1770. The summed E-state index contributed by atoms with van der Waals surface area (Å²) in [4.78, 5) is 28.7. The van der Waals surface area contributed by atoms with Crippen LogP contribution in [0.2, 0.25) is 10.0 Å². The summed E-state index contributed by atoms with van der Waals surface area (Å²) >= 11 is 14.9. The molecule has 1 saturated heterocycles. The Morgan fingerprint density at radius 3 is 2.28 bits per heavy atom. The molecule has 4 aromatic rings. The van der Waals surface area contributed by atoms with E-state index >= 15 is 0 Å². The van der Waals surface area contributed by atoms with Gasteiger partial charge in [0.2, 0.25) is 10.9 Å². The molecule has 10 nitrogen and oxygen atoms in total. The fourth-order valence-electron chi connectivity index (χ4n) is 4.83. The number of ether oxygens (including phenoxy) is 4. The lowest BCUT2D eigenvalue weighted by Crippen LogP contribution is -2.29. The third-order valence-corrected chi connectivity index (χ3v) is 9.71. The van der Waals surface area contributed by atoms with Gasteiger partial charge < -0.3 is 24.1 Å². The van der Waals surface area contributed by atoms with Gasteiger partial charge >= 0.3 is 5.91 Å². The predicted octanol–water partition coefficient (Wildman–Crippen LogP) is 7.58. The fourth-order valence-corrected chi connectivity index (χ4v) is 7.25. The van der Waals surface area contributed by atoms with Crippen LogP contribution >= 0.6 is 46.3 Å². The van der Waals surface area contributed by atoms with E-state index in [1.807, 2.05) is 13.0 Å². The van der Waals surface area contributed by atoms with Crippen molar-refractivity contribution in [1.82, 2.24) is 10.2 Å². The van der Waals surface area contributed by atoms with E-state index in [1.54, 1.807) is 48.5 Å². The lowest BCUT2D eigenvalue weighted by Gasteiger charge is -2.24. The van der Waals surface area contributed by atoms with Crippen LogP contribution in [0.4, 0.5) is 5.13 Å². The number of hydrogen-bond acceptors (Lipinski definition) is 11. The van der Waals surface area contributed by atoms with Gasteiger partial charge in [-0.1, -0.05) is 59.3 Å². The Hall–Kier alpha value is -3.97. The van der Waals surface area contributed by atoms with E-state index < -0.39 is 17.7 Å². The zero-order chi connectivity index (χ0) is 33.0. The Balaban J connectivity index is 1.59. The summed E-state index contributed by atoms with van der Waals surface area (Å²) in [7, 11) is 4.39. The van der Waals surface area contributed by atoms with E-state index in [1.165, 1.54) is 38.0 Å². The highest BCUT2D eigenvalue weighted by molar-refractivity contribution is 8.00. The molecule has 1 unspecified atom stereocenters. The van der Waals surface area contributed by atoms with Crippen molar-refractivity contribution in [3.8, 4) is 23.0 Å². The molecule has 46 heavy (non-hydrogen) atoms. The van der Waals surface area contributed by atoms with E-state index in [2.05, 4.69) is 10.2 Å². The first-order chi connectivity index (χ1) is 22.2. The van der Waals surface area contributed by atoms with E-state index in [4.69, 9.17) is 42.1 Å². The largest absolute Gasteiger partial charge is 0.507 e. The van der Waals surface area contributed by atoms with Gasteiger partial charge in [0.1, 0.15) is 11.5 Å². The lowest BCUT2D eigenvalue weighted by atomic mass is 9.94. The highest BCUT2D eigenvalue weighted by Gasteiger charge is 2.49. The minimum atomic E-state index is -1.11. The molecule has 0 saturated carbocycles. The van der Waals surface area contributed by atoms with Gasteiger partial charge in [0, 0.05) is 21.4 Å². The molecule has 240 valence electrons. The minimum absolute atomic E-state index is 0.140. The Morgan fingerprint density at radius 1 is 0.978 bits per heavy atom. The van der Waals surface area contributed by atoms with Crippen LogP contribution in [-0.2, 0) is 15.3 Å². The zero-order valence-corrected chi connectivity index (χ0v) is 28.4. The van der Waals surface area contributed by atoms with Crippen molar-refractivity contribution in [3.05, 3.63) is 86.9 Å². The Labute approximate surface area is 283 Å². The van der Waals surface area contributed by atoms with Crippen molar-refractivity contribution >= 4 is 68.9 Å². The number of ketones is 1. The number of carbonyl (C=O) groups is 2. The minimum Gasteiger partial charge on any atom is -0.507 e. The summed E-state index contributed by atoms with van der Waals surface area (Å²) < 4.78 is 22.8. The molecule has 1 N–H and O–H groups in total. The van der Waals surface area contributed by atoms with Gasteiger partial charge in [-0.3, -0.25) is 14.5 Å². The molecule has 2 heterocycles. The predicted molar refractivity (Wildman–Crippen MR) is 179 cm³/mol. The van der Waals surface area contributed by atoms with Gasteiger partial charge in [-0.15, -0.1) is 10.2 Å². The maximum atomic E-state index is 13.7. The van der Waals surface area contributed by atoms with Crippen molar-refractivity contribution in [2.24, 2.45) is 0 Å². The first-order valence-electron chi connectivity index (χ1n) is 13.9. The summed E-state index contributed by atoms with van der Waals surface area (Å²) in [5, 5.41) is 21.3. The second-order valence-electron chi connectivity index (χ2n) is 9.88.